The highest BCUT2D eigenvalue weighted by molar-refractivity contribution is 5.95. The van der Waals surface area contributed by atoms with Gasteiger partial charge in [-0.05, 0) is 45.7 Å². The van der Waals surface area contributed by atoms with Crippen LogP contribution in [0.25, 0.3) is 0 Å². The number of rotatable bonds is 3. The Balaban J connectivity index is 2.00. The van der Waals surface area contributed by atoms with Crippen molar-refractivity contribution in [1.82, 2.24) is 10.2 Å². The highest BCUT2D eigenvalue weighted by atomic mass is 19.1. The molecule has 1 atom stereocenters. The summed E-state index contributed by atoms with van der Waals surface area (Å²) < 4.78 is 24.5. The van der Waals surface area contributed by atoms with Gasteiger partial charge in [0.05, 0.1) is 12.7 Å². The summed E-state index contributed by atoms with van der Waals surface area (Å²) in [5.74, 6) is -1.19. The first-order chi connectivity index (χ1) is 11.7. The number of carbonyl (C=O) groups excluding carboxylic acids is 2. The minimum atomic E-state index is -0.692. The predicted octanol–water partition coefficient (Wildman–Crippen LogP) is 2.96. The lowest BCUT2D eigenvalue weighted by atomic mass is 10.1. The van der Waals surface area contributed by atoms with Crippen LogP contribution in [0.4, 0.5) is 9.18 Å². The molecule has 0 aromatic heterocycles. The number of piperidine rings is 1. The van der Waals surface area contributed by atoms with Crippen molar-refractivity contribution in [3.63, 3.8) is 0 Å². The fourth-order valence-electron chi connectivity index (χ4n) is 2.69. The maximum Gasteiger partial charge on any atom is 0.410 e. The Kier molecular flexibility index (Phi) is 5.87. The van der Waals surface area contributed by atoms with E-state index in [1.165, 1.54) is 19.2 Å². The molecule has 6 nitrogen and oxygen atoms in total. The number of carbonyl (C=O) groups is 2. The lowest BCUT2D eigenvalue weighted by Gasteiger charge is -2.34. The van der Waals surface area contributed by atoms with Gasteiger partial charge in [-0.2, -0.15) is 0 Å². The lowest BCUT2D eigenvalue weighted by molar-refractivity contribution is 0.0185. The normalized spacial score (nSPS) is 17.8. The molecule has 1 N–H and O–H groups in total. The summed E-state index contributed by atoms with van der Waals surface area (Å²) in [7, 11) is 1.35. The Morgan fingerprint density at radius 1 is 1.32 bits per heavy atom. The molecular formula is C18H25FN2O4. The second-order valence-corrected chi connectivity index (χ2v) is 7.06. The summed E-state index contributed by atoms with van der Waals surface area (Å²) in [5.41, 5.74) is -0.648. The van der Waals surface area contributed by atoms with Gasteiger partial charge >= 0.3 is 6.09 Å². The second kappa shape index (κ2) is 7.72. The van der Waals surface area contributed by atoms with E-state index < -0.39 is 23.4 Å². The van der Waals surface area contributed by atoms with Crippen LogP contribution in [-0.4, -0.2) is 48.7 Å². The zero-order valence-electron chi connectivity index (χ0n) is 15.1. The fourth-order valence-corrected chi connectivity index (χ4v) is 2.69. The fraction of sp³-hybridized carbons (Fsp3) is 0.556. The number of likely N-dealkylation sites (tertiary alicyclic amines) is 1. The van der Waals surface area contributed by atoms with E-state index in [1.54, 1.807) is 31.7 Å². The van der Waals surface area contributed by atoms with Crippen LogP contribution in [-0.2, 0) is 4.74 Å². The predicted molar refractivity (Wildman–Crippen MR) is 91.2 cm³/mol. The van der Waals surface area contributed by atoms with Crippen LogP contribution < -0.4 is 10.1 Å². The molecule has 0 saturated carbocycles. The molecule has 1 saturated heterocycles. The first-order valence-electron chi connectivity index (χ1n) is 8.32. The summed E-state index contributed by atoms with van der Waals surface area (Å²) in [6, 6.07) is 4.17. The third kappa shape index (κ3) is 5.08. The molecule has 0 bridgehead atoms. The van der Waals surface area contributed by atoms with Crippen LogP contribution in [0.1, 0.15) is 44.0 Å². The van der Waals surface area contributed by atoms with E-state index in [-0.39, 0.29) is 17.4 Å². The summed E-state index contributed by atoms with van der Waals surface area (Å²) in [4.78, 5) is 26.1. The molecule has 1 aromatic carbocycles. The maximum atomic E-state index is 14.2. The van der Waals surface area contributed by atoms with Crippen molar-refractivity contribution in [3.8, 4) is 5.75 Å². The molecule has 1 fully saturated rings. The van der Waals surface area contributed by atoms with Crippen molar-refractivity contribution in [1.29, 1.82) is 0 Å². The number of benzene rings is 1. The van der Waals surface area contributed by atoms with Crippen LogP contribution in [0, 0.1) is 5.82 Å². The third-order valence-corrected chi connectivity index (χ3v) is 3.84. The summed E-state index contributed by atoms with van der Waals surface area (Å²) in [5, 5.41) is 2.79. The Morgan fingerprint density at radius 3 is 2.68 bits per heavy atom. The molecule has 0 spiro atoms. The van der Waals surface area contributed by atoms with Gasteiger partial charge in [-0.3, -0.25) is 4.79 Å². The minimum Gasteiger partial charge on any atom is -0.494 e. The van der Waals surface area contributed by atoms with Gasteiger partial charge in [0.2, 0.25) is 0 Å². The van der Waals surface area contributed by atoms with E-state index in [1.807, 2.05) is 0 Å². The van der Waals surface area contributed by atoms with Crippen molar-refractivity contribution in [2.24, 2.45) is 0 Å². The molecule has 1 aliphatic heterocycles. The van der Waals surface area contributed by atoms with Gasteiger partial charge < -0.3 is 19.7 Å². The lowest BCUT2D eigenvalue weighted by Crippen LogP contribution is -2.50. The molecular weight excluding hydrogens is 327 g/mol. The van der Waals surface area contributed by atoms with E-state index in [0.717, 1.165) is 12.8 Å². The molecule has 138 valence electrons. The second-order valence-electron chi connectivity index (χ2n) is 7.06. The Hall–Kier alpha value is -2.31. The van der Waals surface area contributed by atoms with Gasteiger partial charge in [0.15, 0.2) is 11.6 Å². The van der Waals surface area contributed by atoms with Crippen LogP contribution >= 0.6 is 0 Å². The number of amides is 2. The van der Waals surface area contributed by atoms with Crippen LogP contribution in [0.3, 0.4) is 0 Å². The smallest absolute Gasteiger partial charge is 0.410 e. The zero-order chi connectivity index (χ0) is 18.6. The van der Waals surface area contributed by atoms with Crippen molar-refractivity contribution in [2.45, 2.75) is 45.3 Å². The molecule has 2 rings (SSSR count). The van der Waals surface area contributed by atoms with Crippen molar-refractivity contribution in [2.75, 3.05) is 20.2 Å². The summed E-state index contributed by atoms with van der Waals surface area (Å²) >= 11 is 0. The van der Waals surface area contributed by atoms with Gasteiger partial charge in [-0.1, -0.05) is 6.07 Å². The first-order valence-corrected chi connectivity index (χ1v) is 8.32. The standard InChI is InChI=1S/C18H25FN2O4/c1-18(2,3)25-17(23)21-10-6-7-12(11-21)20-16(22)13-8-5-9-14(24-4)15(13)19/h5,8-9,12H,6-7,10-11H2,1-4H3,(H,20,22). The van der Waals surface area contributed by atoms with E-state index in [9.17, 15) is 14.0 Å². The monoisotopic (exact) mass is 352 g/mol. The Labute approximate surface area is 147 Å². The number of nitrogens with zero attached hydrogens (tertiary/aromatic N) is 1. The number of hydrogen-bond donors (Lipinski definition) is 1. The number of hydrogen-bond acceptors (Lipinski definition) is 4. The van der Waals surface area contributed by atoms with E-state index in [0.29, 0.717) is 13.1 Å². The summed E-state index contributed by atoms with van der Waals surface area (Å²) in [6.45, 7) is 6.33. The molecule has 0 radical (unpaired) electrons. The third-order valence-electron chi connectivity index (χ3n) is 3.84. The van der Waals surface area contributed by atoms with Gasteiger partial charge in [0, 0.05) is 19.1 Å². The molecule has 1 aromatic rings. The molecule has 25 heavy (non-hydrogen) atoms. The van der Waals surface area contributed by atoms with Crippen LogP contribution in [0.15, 0.2) is 18.2 Å². The van der Waals surface area contributed by atoms with E-state index >= 15 is 0 Å². The zero-order valence-corrected chi connectivity index (χ0v) is 15.1. The van der Waals surface area contributed by atoms with E-state index in [4.69, 9.17) is 9.47 Å². The number of ether oxygens (including phenoxy) is 2. The quantitative estimate of drug-likeness (QED) is 0.908. The molecule has 1 unspecified atom stereocenters. The highest BCUT2D eigenvalue weighted by Gasteiger charge is 2.29. The van der Waals surface area contributed by atoms with Crippen molar-refractivity contribution in [3.05, 3.63) is 29.6 Å². The molecule has 2 amide bonds. The number of nitrogens with one attached hydrogen (secondary N) is 1. The Bertz CT molecular complexity index is 642. The van der Waals surface area contributed by atoms with Gasteiger partial charge in [0.1, 0.15) is 5.60 Å². The van der Waals surface area contributed by atoms with Gasteiger partial charge in [-0.25, -0.2) is 9.18 Å². The SMILES string of the molecule is COc1cccc(C(=O)NC2CCCN(C(=O)OC(C)(C)C)C2)c1F. The molecule has 1 heterocycles. The largest absolute Gasteiger partial charge is 0.494 e. The topological polar surface area (TPSA) is 67.9 Å². The average Bonchev–Trinajstić information content (AvgIpc) is 2.53. The van der Waals surface area contributed by atoms with Crippen molar-refractivity contribution >= 4 is 12.0 Å². The maximum absolute atomic E-state index is 14.2. The van der Waals surface area contributed by atoms with Crippen LogP contribution in [0.2, 0.25) is 0 Å². The first kappa shape index (κ1) is 19.0. The van der Waals surface area contributed by atoms with Crippen LogP contribution in [0.5, 0.6) is 5.75 Å². The number of methoxy groups -OCH3 is 1. The highest BCUT2D eigenvalue weighted by Crippen LogP contribution is 2.21. The van der Waals surface area contributed by atoms with Gasteiger partial charge in [0.25, 0.3) is 5.91 Å². The van der Waals surface area contributed by atoms with Gasteiger partial charge in [-0.15, -0.1) is 0 Å². The minimum absolute atomic E-state index is 0.0201. The molecule has 1 aliphatic rings. The molecule has 7 heteroatoms. The molecule has 0 aliphatic carbocycles. The number of halogens is 1. The Morgan fingerprint density at radius 2 is 2.04 bits per heavy atom. The average molecular weight is 352 g/mol. The van der Waals surface area contributed by atoms with E-state index in [2.05, 4.69) is 5.32 Å². The summed E-state index contributed by atoms with van der Waals surface area (Å²) in [6.07, 6.45) is 1.06. The van der Waals surface area contributed by atoms with Crippen molar-refractivity contribution < 1.29 is 23.5 Å².